The van der Waals surface area contributed by atoms with Crippen molar-refractivity contribution in [2.45, 2.75) is 39.4 Å². The van der Waals surface area contributed by atoms with Crippen molar-refractivity contribution in [1.82, 2.24) is 20.1 Å². The monoisotopic (exact) mass is 322 g/mol. The molecule has 0 aliphatic carbocycles. The average Bonchev–Trinajstić information content (AvgIpc) is 2.76. The molecule has 1 aromatic carbocycles. The van der Waals surface area contributed by atoms with E-state index in [1.807, 2.05) is 22.9 Å². The number of nitrogens with zero attached hydrogens (tertiary/aromatic N) is 3. The van der Waals surface area contributed by atoms with Gasteiger partial charge in [0.25, 0.3) is 0 Å². The Labute approximate surface area is 122 Å². The lowest BCUT2D eigenvalue weighted by molar-refractivity contribution is 0.410. The van der Waals surface area contributed by atoms with Crippen LogP contribution in [0, 0.1) is 0 Å². The molecule has 2 rings (SSSR count). The highest BCUT2D eigenvalue weighted by atomic mass is 79.9. The quantitative estimate of drug-likeness (QED) is 0.941. The van der Waals surface area contributed by atoms with Crippen LogP contribution >= 0.6 is 15.9 Å². The van der Waals surface area contributed by atoms with Gasteiger partial charge in [-0.25, -0.2) is 9.67 Å². The minimum absolute atomic E-state index is 0.0735. The van der Waals surface area contributed by atoms with Gasteiger partial charge in [0.05, 0.1) is 13.1 Å². The Morgan fingerprint density at radius 2 is 2.00 bits per heavy atom. The molecule has 0 saturated carbocycles. The summed E-state index contributed by atoms with van der Waals surface area (Å²) >= 11 is 3.56. The lowest BCUT2D eigenvalue weighted by Crippen LogP contribution is -2.36. The van der Waals surface area contributed by atoms with E-state index in [-0.39, 0.29) is 5.54 Å². The molecule has 0 atom stereocenters. The summed E-state index contributed by atoms with van der Waals surface area (Å²) in [5.74, 6) is 0.950. The minimum Gasteiger partial charge on any atom is -0.305 e. The van der Waals surface area contributed by atoms with Crippen molar-refractivity contribution in [2.75, 3.05) is 0 Å². The molecule has 1 heterocycles. The summed E-state index contributed by atoms with van der Waals surface area (Å²) in [4.78, 5) is 4.32. The summed E-state index contributed by atoms with van der Waals surface area (Å²) in [5.41, 5.74) is 1.27. The summed E-state index contributed by atoms with van der Waals surface area (Å²) in [6, 6.07) is 8.17. The number of hydrogen-bond donors (Lipinski definition) is 1. The number of aromatic nitrogens is 3. The molecule has 4 nitrogen and oxygen atoms in total. The van der Waals surface area contributed by atoms with Crippen molar-refractivity contribution in [3.05, 3.63) is 46.5 Å². The first-order valence-electron chi connectivity index (χ1n) is 6.31. The molecule has 1 N–H and O–H groups in total. The molecule has 1 aromatic heterocycles. The molecule has 5 heteroatoms. The van der Waals surface area contributed by atoms with E-state index in [1.54, 1.807) is 6.33 Å². The SMILES string of the molecule is CC(C)(C)NCc1ncnn1Cc1ccccc1Br. The maximum Gasteiger partial charge on any atom is 0.141 e. The molecule has 0 fully saturated rings. The van der Waals surface area contributed by atoms with Crippen LogP contribution in [0.1, 0.15) is 32.2 Å². The zero-order valence-electron chi connectivity index (χ0n) is 11.5. The second kappa shape index (κ2) is 5.84. The van der Waals surface area contributed by atoms with Crippen LogP contribution in [0.4, 0.5) is 0 Å². The first-order valence-corrected chi connectivity index (χ1v) is 7.10. The van der Waals surface area contributed by atoms with E-state index in [0.717, 1.165) is 16.8 Å². The lowest BCUT2D eigenvalue weighted by Gasteiger charge is -2.20. The van der Waals surface area contributed by atoms with E-state index in [4.69, 9.17) is 0 Å². The van der Waals surface area contributed by atoms with Crippen LogP contribution < -0.4 is 5.32 Å². The van der Waals surface area contributed by atoms with Gasteiger partial charge in [0.1, 0.15) is 12.2 Å². The Morgan fingerprint density at radius 1 is 1.26 bits per heavy atom. The van der Waals surface area contributed by atoms with Crippen LogP contribution in [0.2, 0.25) is 0 Å². The third-order valence-electron chi connectivity index (χ3n) is 2.75. The van der Waals surface area contributed by atoms with Crippen molar-refractivity contribution in [2.24, 2.45) is 0 Å². The second-order valence-electron chi connectivity index (χ2n) is 5.53. The zero-order valence-corrected chi connectivity index (χ0v) is 13.1. The Hall–Kier alpha value is -1.20. The van der Waals surface area contributed by atoms with Gasteiger partial charge < -0.3 is 5.32 Å². The van der Waals surface area contributed by atoms with Crippen molar-refractivity contribution < 1.29 is 0 Å². The van der Waals surface area contributed by atoms with Gasteiger partial charge in [-0.15, -0.1) is 0 Å². The van der Waals surface area contributed by atoms with Crippen LogP contribution in [0.15, 0.2) is 35.1 Å². The lowest BCUT2D eigenvalue weighted by atomic mass is 10.1. The van der Waals surface area contributed by atoms with Crippen molar-refractivity contribution in [3.63, 3.8) is 0 Å². The smallest absolute Gasteiger partial charge is 0.141 e. The minimum atomic E-state index is 0.0735. The van der Waals surface area contributed by atoms with Gasteiger partial charge in [-0.2, -0.15) is 5.10 Å². The van der Waals surface area contributed by atoms with Crippen LogP contribution in [0.5, 0.6) is 0 Å². The van der Waals surface area contributed by atoms with E-state index in [1.165, 1.54) is 5.56 Å². The molecule has 0 unspecified atom stereocenters. The fraction of sp³-hybridized carbons (Fsp3) is 0.429. The summed E-state index contributed by atoms with van der Waals surface area (Å²) in [5, 5.41) is 7.73. The predicted octanol–water partition coefficient (Wildman–Crippen LogP) is 2.98. The Kier molecular flexibility index (Phi) is 4.37. The van der Waals surface area contributed by atoms with Gasteiger partial charge >= 0.3 is 0 Å². The molecule has 0 aliphatic heterocycles. The Morgan fingerprint density at radius 3 is 2.68 bits per heavy atom. The number of hydrogen-bond acceptors (Lipinski definition) is 3. The molecule has 0 bridgehead atoms. The van der Waals surface area contributed by atoms with Gasteiger partial charge in [0.15, 0.2) is 0 Å². The number of halogens is 1. The van der Waals surface area contributed by atoms with E-state index in [9.17, 15) is 0 Å². The van der Waals surface area contributed by atoms with E-state index in [2.05, 4.69) is 58.2 Å². The number of rotatable bonds is 4. The van der Waals surface area contributed by atoms with Crippen LogP contribution in [0.3, 0.4) is 0 Å². The highest BCUT2D eigenvalue weighted by molar-refractivity contribution is 9.10. The van der Waals surface area contributed by atoms with Gasteiger partial charge in [0, 0.05) is 10.0 Å². The normalized spacial score (nSPS) is 11.8. The highest BCUT2D eigenvalue weighted by Crippen LogP contribution is 2.17. The standard InChI is InChI=1S/C14H19BrN4/c1-14(2,3)17-8-13-16-10-18-19(13)9-11-6-4-5-7-12(11)15/h4-7,10,17H,8-9H2,1-3H3. The summed E-state index contributed by atoms with van der Waals surface area (Å²) in [6.07, 6.45) is 1.61. The second-order valence-corrected chi connectivity index (χ2v) is 6.38. The van der Waals surface area contributed by atoms with Crippen molar-refractivity contribution >= 4 is 15.9 Å². The summed E-state index contributed by atoms with van der Waals surface area (Å²) in [6.45, 7) is 7.86. The molecule has 102 valence electrons. The van der Waals surface area contributed by atoms with Crippen molar-refractivity contribution in [3.8, 4) is 0 Å². The van der Waals surface area contributed by atoms with Crippen LogP contribution in [0.25, 0.3) is 0 Å². The molecule has 2 aromatic rings. The topological polar surface area (TPSA) is 42.7 Å². The van der Waals surface area contributed by atoms with Gasteiger partial charge in [0.2, 0.25) is 0 Å². The maximum atomic E-state index is 4.32. The molecule has 0 aliphatic rings. The largest absolute Gasteiger partial charge is 0.305 e. The molecule has 0 saturated heterocycles. The van der Waals surface area contributed by atoms with Gasteiger partial charge in [-0.1, -0.05) is 34.1 Å². The van der Waals surface area contributed by atoms with Gasteiger partial charge in [-0.3, -0.25) is 0 Å². The van der Waals surface area contributed by atoms with E-state index in [0.29, 0.717) is 6.54 Å². The Bertz CT molecular complexity index is 542. The number of nitrogens with one attached hydrogen (secondary N) is 1. The Balaban J connectivity index is 2.10. The summed E-state index contributed by atoms with van der Waals surface area (Å²) < 4.78 is 3.03. The fourth-order valence-corrected chi connectivity index (χ4v) is 2.10. The predicted molar refractivity (Wildman–Crippen MR) is 79.9 cm³/mol. The van der Waals surface area contributed by atoms with Gasteiger partial charge in [-0.05, 0) is 32.4 Å². The molecule has 0 spiro atoms. The summed E-state index contributed by atoms with van der Waals surface area (Å²) in [7, 11) is 0. The molecular formula is C14H19BrN4. The molecule has 0 radical (unpaired) electrons. The molecule has 0 amide bonds. The first-order chi connectivity index (χ1) is 8.96. The number of benzene rings is 1. The molecular weight excluding hydrogens is 304 g/mol. The highest BCUT2D eigenvalue weighted by Gasteiger charge is 2.12. The third-order valence-corrected chi connectivity index (χ3v) is 3.52. The average molecular weight is 323 g/mol. The maximum absolute atomic E-state index is 4.32. The van der Waals surface area contributed by atoms with Crippen LogP contribution in [-0.4, -0.2) is 20.3 Å². The van der Waals surface area contributed by atoms with Crippen LogP contribution in [-0.2, 0) is 13.1 Å². The molecule has 19 heavy (non-hydrogen) atoms. The zero-order chi connectivity index (χ0) is 13.9. The fourth-order valence-electron chi connectivity index (χ4n) is 1.69. The van der Waals surface area contributed by atoms with Crippen molar-refractivity contribution in [1.29, 1.82) is 0 Å². The van der Waals surface area contributed by atoms with E-state index >= 15 is 0 Å². The van der Waals surface area contributed by atoms with E-state index < -0.39 is 0 Å². The first kappa shape index (κ1) is 14.2. The third kappa shape index (κ3) is 4.14.